The lowest BCUT2D eigenvalue weighted by atomic mass is 9.65. The third kappa shape index (κ3) is 3.26. The normalized spacial score (nSPS) is 40.1. The molecule has 3 fully saturated rings. The van der Waals surface area contributed by atoms with Crippen molar-refractivity contribution in [1.82, 2.24) is 4.90 Å². The van der Waals surface area contributed by atoms with Crippen molar-refractivity contribution in [2.45, 2.75) is 57.4 Å². The van der Waals surface area contributed by atoms with E-state index in [9.17, 15) is 4.79 Å². The van der Waals surface area contributed by atoms with Crippen molar-refractivity contribution in [2.75, 3.05) is 19.6 Å². The van der Waals surface area contributed by atoms with E-state index >= 15 is 0 Å². The van der Waals surface area contributed by atoms with Crippen LogP contribution in [0.5, 0.6) is 0 Å². The Morgan fingerprint density at radius 2 is 1.81 bits per heavy atom. The molecule has 0 aromatic rings. The number of rotatable bonds is 3. The van der Waals surface area contributed by atoms with Crippen molar-refractivity contribution in [1.29, 1.82) is 0 Å². The topological polar surface area (TPSA) is 72.3 Å². The number of carbonyl (C=O) groups is 1. The first-order valence-corrected chi connectivity index (χ1v) is 8.93. The van der Waals surface area contributed by atoms with E-state index in [-0.39, 0.29) is 5.92 Å². The molecule has 0 aromatic carbocycles. The van der Waals surface area contributed by atoms with E-state index < -0.39 is 0 Å². The number of likely N-dealkylation sites (tertiary alicyclic amines) is 1. The molecule has 3 atom stereocenters. The van der Waals surface area contributed by atoms with Gasteiger partial charge in [0, 0.05) is 25.0 Å². The van der Waals surface area contributed by atoms with Gasteiger partial charge >= 0.3 is 0 Å². The van der Waals surface area contributed by atoms with Gasteiger partial charge in [0.1, 0.15) is 0 Å². The maximum Gasteiger partial charge on any atom is 0.225 e. The van der Waals surface area contributed by atoms with Gasteiger partial charge in [-0.25, -0.2) is 0 Å². The fourth-order valence-corrected chi connectivity index (χ4v) is 4.99. The van der Waals surface area contributed by atoms with Crippen LogP contribution in [0.25, 0.3) is 0 Å². The SMILES string of the molecule is NCCC1CCCN(C(=O)C2CC3CCCC(C2)C3N)C1. The zero-order valence-electron chi connectivity index (χ0n) is 13.2. The Morgan fingerprint density at radius 3 is 2.48 bits per heavy atom. The summed E-state index contributed by atoms with van der Waals surface area (Å²) in [5, 5.41) is 0. The van der Waals surface area contributed by atoms with Gasteiger partial charge in [0.25, 0.3) is 0 Å². The molecule has 1 amide bonds. The Bertz CT molecular complexity index is 357. The van der Waals surface area contributed by atoms with Crippen LogP contribution in [0.4, 0.5) is 0 Å². The highest BCUT2D eigenvalue weighted by atomic mass is 16.2. The summed E-state index contributed by atoms with van der Waals surface area (Å²) in [6, 6.07) is 0.356. The highest BCUT2D eigenvalue weighted by Gasteiger charge is 2.42. The van der Waals surface area contributed by atoms with Crippen LogP contribution in [0.3, 0.4) is 0 Å². The number of amides is 1. The molecule has 0 aromatic heterocycles. The molecule has 1 aliphatic heterocycles. The summed E-state index contributed by atoms with van der Waals surface area (Å²) in [6.07, 6.45) is 9.30. The summed E-state index contributed by atoms with van der Waals surface area (Å²) in [4.78, 5) is 15.0. The van der Waals surface area contributed by atoms with E-state index in [0.717, 1.165) is 45.3 Å². The Balaban J connectivity index is 1.60. The Hall–Kier alpha value is -0.610. The summed E-state index contributed by atoms with van der Waals surface area (Å²) in [7, 11) is 0. The van der Waals surface area contributed by atoms with Crippen LogP contribution in [-0.4, -0.2) is 36.5 Å². The number of carbonyl (C=O) groups excluding carboxylic acids is 1. The predicted molar refractivity (Wildman–Crippen MR) is 84.5 cm³/mol. The van der Waals surface area contributed by atoms with Gasteiger partial charge in [0.15, 0.2) is 0 Å². The van der Waals surface area contributed by atoms with Gasteiger partial charge in [-0.3, -0.25) is 4.79 Å². The van der Waals surface area contributed by atoms with Crippen molar-refractivity contribution in [2.24, 2.45) is 35.1 Å². The number of nitrogens with two attached hydrogens (primary N) is 2. The van der Waals surface area contributed by atoms with Crippen LogP contribution in [0.15, 0.2) is 0 Å². The molecule has 120 valence electrons. The molecule has 2 bridgehead atoms. The van der Waals surface area contributed by atoms with Crippen molar-refractivity contribution in [3.63, 3.8) is 0 Å². The summed E-state index contributed by atoms with van der Waals surface area (Å²) in [6.45, 7) is 2.64. The first kappa shape index (κ1) is 15.3. The van der Waals surface area contributed by atoms with Crippen molar-refractivity contribution in [3.05, 3.63) is 0 Å². The third-order valence-electron chi connectivity index (χ3n) is 6.17. The third-order valence-corrected chi connectivity index (χ3v) is 6.17. The highest BCUT2D eigenvalue weighted by Crippen LogP contribution is 2.42. The zero-order valence-corrected chi connectivity index (χ0v) is 13.2. The van der Waals surface area contributed by atoms with Crippen LogP contribution in [-0.2, 0) is 4.79 Å². The molecule has 4 N–H and O–H groups in total. The van der Waals surface area contributed by atoms with Crippen LogP contribution in [0.1, 0.15) is 51.4 Å². The Morgan fingerprint density at radius 1 is 1.10 bits per heavy atom. The smallest absolute Gasteiger partial charge is 0.225 e. The molecule has 2 saturated carbocycles. The quantitative estimate of drug-likeness (QED) is 0.832. The maximum atomic E-state index is 12.9. The lowest BCUT2D eigenvalue weighted by Crippen LogP contribution is -2.51. The molecule has 0 radical (unpaired) electrons. The molecule has 3 unspecified atom stereocenters. The van der Waals surface area contributed by atoms with Crippen LogP contribution >= 0.6 is 0 Å². The van der Waals surface area contributed by atoms with E-state index in [2.05, 4.69) is 4.90 Å². The Labute approximate surface area is 128 Å². The highest BCUT2D eigenvalue weighted by molar-refractivity contribution is 5.79. The van der Waals surface area contributed by atoms with Crippen molar-refractivity contribution in [3.8, 4) is 0 Å². The second-order valence-corrected chi connectivity index (χ2v) is 7.57. The van der Waals surface area contributed by atoms with Gasteiger partial charge in [-0.05, 0) is 69.2 Å². The van der Waals surface area contributed by atoms with E-state index in [4.69, 9.17) is 11.5 Å². The summed E-state index contributed by atoms with van der Waals surface area (Å²) < 4.78 is 0. The van der Waals surface area contributed by atoms with Crippen molar-refractivity contribution >= 4 is 5.91 Å². The minimum Gasteiger partial charge on any atom is -0.342 e. The average molecular weight is 293 g/mol. The number of piperidine rings is 1. The van der Waals surface area contributed by atoms with Gasteiger partial charge in [-0.15, -0.1) is 0 Å². The lowest BCUT2D eigenvalue weighted by molar-refractivity contribution is -0.140. The first-order chi connectivity index (χ1) is 10.2. The second-order valence-electron chi connectivity index (χ2n) is 7.57. The summed E-state index contributed by atoms with van der Waals surface area (Å²) >= 11 is 0. The monoisotopic (exact) mass is 293 g/mol. The van der Waals surface area contributed by atoms with Crippen LogP contribution < -0.4 is 11.5 Å². The lowest BCUT2D eigenvalue weighted by Gasteiger charge is -2.45. The maximum absolute atomic E-state index is 12.9. The van der Waals surface area contributed by atoms with Gasteiger partial charge in [0.2, 0.25) is 5.91 Å². The molecule has 2 aliphatic carbocycles. The molecule has 21 heavy (non-hydrogen) atoms. The summed E-state index contributed by atoms with van der Waals surface area (Å²) in [5.74, 6) is 2.47. The predicted octanol–water partition coefficient (Wildman–Crippen LogP) is 1.73. The first-order valence-electron chi connectivity index (χ1n) is 8.93. The van der Waals surface area contributed by atoms with E-state index in [1.54, 1.807) is 0 Å². The summed E-state index contributed by atoms with van der Waals surface area (Å²) in [5.41, 5.74) is 12.0. The average Bonchev–Trinajstić information content (AvgIpc) is 2.47. The molecular formula is C17H31N3O. The fraction of sp³-hybridized carbons (Fsp3) is 0.941. The molecular weight excluding hydrogens is 262 g/mol. The molecule has 4 heteroatoms. The number of hydrogen-bond acceptors (Lipinski definition) is 3. The Kier molecular flexibility index (Phi) is 4.85. The van der Waals surface area contributed by atoms with Gasteiger partial charge in [-0.2, -0.15) is 0 Å². The van der Waals surface area contributed by atoms with Gasteiger partial charge in [0.05, 0.1) is 0 Å². The largest absolute Gasteiger partial charge is 0.342 e. The number of nitrogens with zero attached hydrogens (tertiary/aromatic N) is 1. The van der Waals surface area contributed by atoms with Gasteiger partial charge in [-0.1, -0.05) is 6.42 Å². The molecule has 3 aliphatic rings. The molecule has 4 nitrogen and oxygen atoms in total. The molecule has 1 heterocycles. The van der Waals surface area contributed by atoms with E-state index in [0.29, 0.717) is 29.7 Å². The minimum absolute atomic E-state index is 0.247. The molecule has 3 rings (SSSR count). The fourth-order valence-electron chi connectivity index (χ4n) is 4.99. The van der Waals surface area contributed by atoms with Gasteiger partial charge < -0.3 is 16.4 Å². The standard InChI is InChI=1S/C17H31N3O/c18-7-6-12-3-2-8-20(11-12)17(21)15-9-13-4-1-5-14(10-15)16(13)19/h12-16H,1-11,18-19H2. The van der Waals surface area contributed by atoms with E-state index in [1.807, 2.05) is 0 Å². The second kappa shape index (κ2) is 6.66. The number of hydrogen-bond donors (Lipinski definition) is 2. The van der Waals surface area contributed by atoms with Crippen molar-refractivity contribution < 1.29 is 4.79 Å². The molecule has 0 spiro atoms. The van der Waals surface area contributed by atoms with E-state index in [1.165, 1.54) is 25.7 Å². The van der Waals surface area contributed by atoms with Crippen LogP contribution in [0, 0.1) is 23.7 Å². The minimum atomic E-state index is 0.247. The number of fused-ring (bicyclic) bond motifs is 2. The van der Waals surface area contributed by atoms with Crippen LogP contribution in [0.2, 0.25) is 0 Å². The molecule has 1 saturated heterocycles. The zero-order chi connectivity index (χ0) is 14.8.